The number of aryl methyl sites for hydroxylation is 1. The summed E-state index contributed by atoms with van der Waals surface area (Å²) in [5.41, 5.74) is 4.71. The van der Waals surface area contributed by atoms with Gasteiger partial charge in [0.1, 0.15) is 0 Å². The molecule has 2 saturated heterocycles. The highest BCUT2D eigenvalue weighted by molar-refractivity contribution is 5.48. The fourth-order valence-corrected chi connectivity index (χ4v) is 4.30. The van der Waals surface area contributed by atoms with Crippen molar-refractivity contribution in [1.29, 1.82) is 0 Å². The Labute approximate surface area is 142 Å². The van der Waals surface area contributed by atoms with Crippen molar-refractivity contribution >= 4 is 5.69 Å². The van der Waals surface area contributed by atoms with Crippen LogP contribution in [0.15, 0.2) is 36.5 Å². The molecule has 0 unspecified atom stereocenters. The van der Waals surface area contributed by atoms with E-state index in [1.54, 1.807) is 0 Å². The Bertz CT molecular complexity index is 523. The Morgan fingerprint density at radius 2 is 1.74 bits per heavy atom. The summed E-state index contributed by atoms with van der Waals surface area (Å²) < 4.78 is 0. The lowest BCUT2D eigenvalue weighted by Gasteiger charge is -2.49. The monoisotopic (exact) mass is 312 g/mol. The molecule has 0 aromatic heterocycles. The van der Waals surface area contributed by atoms with E-state index in [2.05, 4.69) is 54.5 Å². The van der Waals surface area contributed by atoms with Crippen molar-refractivity contribution in [3.05, 3.63) is 42.1 Å². The fraction of sp³-hybridized carbons (Fsp3) is 0.619. The zero-order valence-electron chi connectivity index (χ0n) is 15.0. The summed E-state index contributed by atoms with van der Waals surface area (Å²) >= 11 is 0. The van der Waals surface area contributed by atoms with Crippen molar-refractivity contribution in [2.75, 3.05) is 31.1 Å². The van der Waals surface area contributed by atoms with E-state index in [1.165, 1.54) is 68.8 Å². The number of likely N-dealkylation sites (tertiary alicyclic amines) is 1. The number of hydrogen-bond acceptors (Lipinski definition) is 2. The minimum atomic E-state index is 0.534. The van der Waals surface area contributed by atoms with Crippen LogP contribution in [0, 0.1) is 5.41 Å². The minimum Gasteiger partial charge on any atom is -0.375 e. The number of nitrogens with zero attached hydrogens (tertiary/aromatic N) is 2. The number of anilines is 1. The molecule has 0 N–H and O–H groups in total. The molecule has 3 rings (SSSR count). The maximum absolute atomic E-state index is 4.22. The molecule has 0 aliphatic carbocycles. The molecule has 0 saturated carbocycles. The molecular weight excluding hydrogens is 280 g/mol. The molecule has 1 spiro atoms. The molecule has 126 valence electrons. The first-order valence-corrected chi connectivity index (χ1v) is 9.42. The molecule has 23 heavy (non-hydrogen) atoms. The molecule has 2 nitrogen and oxygen atoms in total. The van der Waals surface area contributed by atoms with Crippen LogP contribution in [0.2, 0.25) is 0 Å². The summed E-state index contributed by atoms with van der Waals surface area (Å²) in [6, 6.07) is 9.24. The van der Waals surface area contributed by atoms with Crippen LogP contribution in [0.1, 0.15) is 51.5 Å². The number of benzene rings is 1. The van der Waals surface area contributed by atoms with Crippen LogP contribution < -0.4 is 4.90 Å². The van der Waals surface area contributed by atoms with Crippen molar-refractivity contribution in [3.8, 4) is 0 Å². The van der Waals surface area contributed by atoms with Crippen LogP contribution in [-0.2, 0) is 6.42 Å². The fourth-order valence-electron chi connectivity index (χ4n) is 4.30. The molecular formula is C21H32N2. The first-order chi connectivity index (χ1) is 11.2. The van der Waals surface area contributed by atoms with Crippen LogP contribution in [0.3, 0.4) is 0 Å². The predicted molar refractivity (Wildman–Crippen MR) is 99.9 cm³/mol. The molecule has 0 bridgehead atoms. The van der Waals surface area contributed by atoms with Gasteiger partial charge in [-0.3, -0.25) is 0 Å². The van der Waals surface area contributed by atoms with Gasteiger partial charge in [0, 0.05) is 37.6 Å². The standard InChI is InChI=1S/C21H32N2/c1-4-18(3)22-15-12-21(13-16-22)11-6-14-23(17-21)20-9-7-19(5-2)8-10-20/h7-10H,3-6,11-17H2,1-2H3. The molecule has 2 heterocycles. The Hall–Kier alpha value is -1.44. The number of piperidine rings is 2. The van der Waals surface area contributed by atoms with Gasteiger partial charge in [0.25, 0.3) is 0 Å². The zero-order chi connectivity index (χ0) is 16.3. The van der Waals surface area contributed by atoms with Crippen molar-refractivity contribution in [2.45, 2.75) is 52.4 Å². The van der Waals surface area contributed by atoms with Gasteiger partial charge in [0.2, 0.25) is 0 Å². The van der Waals surface area contributed by atoms with Crippen LogP contribution >= 0.6 is 0 Å². The van der Waals surface area contributed by atoms with Gasteiger partial charge in [-0.05, 0) is 61.6 Å². The normalized spacial score (nSPS) is 20.8. The largest absolute Gasteiger partial charge is 0.375 e. The first kappa shape index (κ1) is 16.4. The Morgan fingerprint density at radius 3 is 2.35 bits per heavy atom. The van der Waals surface area contributed by atoms with E-state index in [4.69, 9.17) is 0 Å². The third-order valence-electron chi connectivity index (χ3n) is 6.05. The number of hydrogen-bond donors (Lipinski definition) is 0. The number of allylic oxidation sites excluding steroid dienone is 1. The van der Waals surface area contributed by atoms with Crippen LogP contribution in [-0.4, -0.2) is 31.1 Å². The topological polar surface area (TPSA) is 6.48 Å². The van der Waals surface area contributed by atoms with E-state index >= 15 is 0 Å². The van der Waals surface area contributed by atoms with Gasteiger partial charge < -0.3 is 9.80 Å². The van der Waals surface area contributed by atoms with Gasteiger partial charge >= 0.3 is 0 Å². The molecule has 2 aliphatic heterocycles. The second-order valence-corrected chi connectivity index (χ2v) is 7.45. The molecule has 0 atom stereocenters. The third kappa shape index (κ3) is 3.57. The van der Waals surface area contributed by atoms with Crippen LogP contribution in [0.25, 0.3) is 0 Å². The Morgan fingerprint density at radius 1 is 1.04 bits per heavy atom. The minimum absolute atomic E-state index is 0.534. The van der Waals surface area contributed by atoms with E-state index in [0.717, 1.165) is 12.8 Å². The average molecular weight is 313 g/mol. The van der Waals surface area contributed by atoms with Crippen LogP contribution in [0.5, 0.6) is 0 Å². The molecule has 1 aromatic rings. The van der Waals surface area contributed by atoms with Crippen molar-refractivity contribution < 1.29 is 0 Å². The summed E-state index contributed by atoms with van der Waals surface area (Å²) in [5, 5.41) is 0. The number of rotatable bonds is 4. The van der Waals surface area contributed by atoms with Gasteiger partial charge in [0.15, 0.2) is 0 Å². The van der Waals surface area contributed by atoms with E-state index in [9.17, 15) is 0 Å². The summed E-state index contributed by atoms with van der Waals surface area (Å²) in [6.45, 7) is 13.5. The van der Waals surface area contributed by atoms with Gasteiger partial charge in [-0.15, -0.1) is 0 Å². The van der Waals surface area contributed by atoms with E-state index in [1.807, 2.05) is 0 Å². The van der Waals surface area contributed by atoms with Gasteiger partial charge in [-0.25, -0.2) is 0 Å². The van der Waals surface area contributed by atoms with E-state index < -0.39 is 0 Å². The summed E-state index contributed by atoms with van der Waals surface area (Å²) in [5.74, 6) is 0. The highest BCUT2D eigenvalue weighted by atomic mass is 15.2. The molecule has 2 aliphatic rings. The highest BCUT2D eigenvalue weighted by Gasteiger charge is 2.38. The van der Waals surface area contributed by atoms with E-state index in [0.29, 0.717) is 5.41 Å². The predicted octanol–water partition coefficient (Wildman–Crippen LogP) is 4.86. The van der Waals surface area contributed by atoms with Crippen molar-refractivity contribution in [1.82, 2.24) is 4.90 Å². The van der Waals surface area contributed by atoms with Gasteiger partial charge in [-0.1, -0.05) is 32.6 Å². The SMILES string of the molecule is C=C(CC)N1CCC2(CCCN(c3ccc(CC)cc3)C2)CC1. The van der Waals surface area contributed by atoms with Gasteiger partial charge in [-0.2, -0.15) is 0 Å². The lowest BCUT2D eigenvalue weighted by molar-refractivity contribution is 0.106. The quantitative estimate of drug-likeness (QED) is 0.784. The molecule has 0 amide bonds. The smallest absolute Gasteiger partial charge is 0.0366 e. The average Bonchev–Trinajstić information content (AvgIpc) is 2.62. The lowest BCUT2D eigenvalue weighted by atomic mass is 9.72. The van der Waals surface area contributed by atoms with Gasteiger partial charge in [0.05, 0.1) is 0 Å². The second kappa shape index (κ2) is 6.98. The molecule has 2 heteroatoms. The molecule has 1 aromatic carbocycles. The zero-order valence-corrected chi connectivity index (χ0v) is 15.0. The van der Waals surface area contributed by atoms with Crippen molar-refractivity contribution in [2.24, 2.45) is 5.41 Å². The highest BCUT2D eigenvalue weighted by Crippen LogP contribution is 2.41. The summed E-state index contributed by atoms with van der Waals surface area (Å²) in [7, 11) is 0. The van der Waals surface area contributed by atoms with Crippen molar-refractivity contribution in [3.63, 3.8) is 0 Å². The second-order valence-electron chi connectivity index (χ2n) is 7.45. The van der Waals surface area contributed by atoms with Crippen LogP contribution in [0.4, 0.5) is 5.69 Å². The maximum atomic E-state index is 4.22. The third-order valence-corrected chi connectivity index (χ3v) is 6.05. The maximum Gasteiger partial charge on any atom is 0.0366 e. The lowest BCUT2D eigenvalue weighted by Crippen LogP contribution is -2.49. The first-order valence-electron chi connectivity index (χ1n) is 9.42. The van der Waals surface area contributed by atoms with E-state index in [-0.39, 0.29) is 0 Å². The molecule has 2 fully saturated rings. The Balaban J connectivity index is 1.65. The summed E-state index contributed by atoms with van der Waals surface area (Å²) in [4.78, 5) is 5.15. The Kier molecular flexibility index (Phi) is 4.99. The molecule has 0 radical (unpaired) electrons. The summed E-state index contributed by atoms with van der Waals surface area (Å²) in [6.07, 6.45) is 7.61.